The number of amides is 3. The topological polar surface area (TPSA) is 91.7 Å². The molecule has 154 valence electrons. The Bertz CT molecular complexity index is 1200. The molecule has 0 saturated heterocycles. The molecule has 2 heterocycles. The number of carbonyl (C=O) groups excluding carboxylic acids is 3. The van der Waals surface area contributed by atoms with E-state index in [1.807, 2.05) is 0 Å². The number of thiocarbonyl (C=S) groups is 1. The number of benzene rings is 2. The second-order valence-electron chi connectivity index (χ2n) is 6.45. The van der Waals surface area contributed by atoms with Crippen LogP contribution in [-0.4, -0.2) is 22.8 Å². The molecule has 1 aromatic heterocycles. The van der Waals surface area contributed by atoms with Crippen LogP contribution in [0, 0.1) is 0 Å². The molecule has 9 heteroatoms. The van der Waals surface area contributed by atoms with E-state index in [0.29, 0.717) is 28.3 Å². The molecular formula is C22H14ClN3O4S. The Morgan fingerprint density at radius 2 is 1.74 bits per heavy atom. The van der Waals surface area contributed by atoms with E-state index in [1.165, 1.54) is 24.5 Å². The molecule has 0 aliphatic carbocycles. The number of nitrogens with one attached hydrogen (secondary N) is 2. The molecular weight excluding hydrogens is 438 g/mol. The Morgan fingerprint density at radius 1 is 1.03 bits per heavy atom. The highest BCUT2D eigenvalue weighted by Gasteiger charge is 2.36. The minimum Gasteiger partial charge on any atom is -0.465 e. The fourth-order valence-corrected chi connectivity index (χ4v) is 3.45. The molecule has 0 saturated carbocycles. The van der Waals surface area contributed by atoms with Gasteiger partial charge in [0.15, 0.2) is 5.11 Å². The summed E-state index contributed by atoms with van der Waals surface area (Å²) in [5.41, 5.74) is 1.43. The predicted octanol–water partition coefficient (Wildman–Crippen LogP) is 4.26. The quantitative estimate of drug-likeness (QED) is 0.350. The van der Waals surface area contributed by atoms with Crippen LogP contribution in [-0.2, 0) is 4.79 Å². The van der Waals surface area contributed by atoms with Gasteiger partial charge in [0.25, 0.3) is 11.8 Å². The summed E-state index contributed by atoms with van der Waals surface area (Å²) in [5, 5.41) is 5.55. The minimum absolute atomic E-state index is 0.0319. The van der Waals surface area contributed by atoms with Gasteiger partial charge < -0.3 is 9.73 Å². The van der Waals surface area contributed by atoms with E-state index in [9.17, 15) is 14.4 Å². The van der Waals surface area contributed by atoms with Crippen molar-refractivity contribution in [2.75, 3.05) is 10.2 Å². The lowest BCUT2D eigenvalue weighted by Gasteiger charge is -2.16. The van der Waals surface area contributed by atoms with E-state index >= 15 is 0 Å². The zero-order valence-corrected chi connectivity index (χ0v) is 17.4. The Labute approximate surface area is 187 Å². The average Bonchev–Trinajstić information content (AvgIpc) is 3.35. The van der Waals surface area contributed by atoms with Gasteiger partial charge in [0.1, 0.15) is 5.76 Å². The summed E-state index contributed by atoms with van der Waals surface area (Å²) in [7, 11) is 0. The van der Waals surface area contributed by atoms with Crippen LogP contribution in [0.25, 0.3) is 6.08 Å². The summed E-state index contributed by atoms with van der Waals surface area (Å²) in [6.07, 6.45) is 4.28. The van der Waals surface area contributed by atoms with Gasteiger partial charge in [-0.15, -0.1) is 0 Å². The van der Waals surface area contributed by atoms with Crippen molar-refractivity contribution in [3.63, 3.8) is 0 Å². The third-order valence-electron chi connectivity index (χ3n) is 4.43. The summed E-state index contributed by atoms with van der Waals surface area (Å²) in [4.78, 5) is 38.2. The SMILES string of the molecule is O=C(C=Cc1ccco1)NC(=S)Nc1ccc(N2C(=O)c3ccccc3C2=O)cc1Cl. The van der Waals surface area contributed by atoms with Gasteiger partial charge in [0, 0.05) is 6.08 Å². The first kappa shape index (κ1) is 20.5. The Balaban J connectivity index is 1.43. The van der Waals surface area contributed by atoms with Crippen molar-refractivity contribution in [2.24, 2.45) is 0 Å². The van der Waals surface area contributed by atoms with E-state index in [0.717, 1.165) is 4.90 Å². The van der Waals surface area contributed by atoms with E-state index in [2.05, 4.69) is 10.6 Å². The Hall–Kier alpha value is -3.75. The summed E-state index contributed by atoms with van der Waals surface area (Å²) >= 11 is 11.4. The summed E-state index contributed by atoms with van der Waals surface area (Å²) in [6.45, 7) is 0. The highest BCUT2D eigenvalue weighted by molar-refractivity contribution is 7.80. The van der Waals surface area contributed by atoms with Crippen LogP contribution < -0.4 is 15.5 Å². The van der Waals surface area contributed by atoms with Crippen molar-refractivity contribution in [1.29, 1.82) is 0 Å². The number of anilines is 2. The molecule has 0 spiro atoms. The molecule has 31 heavy (non-hydrogen) atoms. The second kappa shape index (κ2) is 8.55. The summed E-state index contributed by atoms with van der Waals surface area (Å²) in [6, 6.07) is 14.6. The first-order chi connectivity index (χ1) is 14.9. The normalized spacial score (nSPS) is 12.9. The molecule has 3 amide bonds. The van der Waals surface area contributed by atoms with Crippen molar-refractivity contribution in [2.45, 2.75) is 0 Å². The van der Waals surface area contributed by atoms with Gasteiger partial charge in [-0.2, -0.15) is 0 Å². The number of fused-ring (bicyclic) bond motifs is 1. The van der Waals surface area contributed by atoms with Crippen molar-refractivity contribution < 1.29 is 18.8 Å². The van der Waals surface area contributed by atoms with Gasteiger partial charge in [0.05, 0.1) is 33.8 Å². The molecule has 2 N–H and O–H groups in total. The van der Waals surface area contributed by atoms with Crippen LogP contribution in [0.3, 0.4) is 0 Å². The van der Waals surface area contributed by atoms with Crippen LogP contribution in [0.15, 0.2) is 71.4 Å². The first-order valence-corrected chi connectivity index (χ1v) is 9.83. The van der Waals surface area contributed by atoms with E-state index < -0.39 is 17.7 Å². The third-order valence-corrected chi connectivity index (χ3v) is 4.95. The summed E-state index contributed by atoms with van der Waals surface area (Å²) < 4.78 is 5.10. The third kappa shape index (κ3) is 4.25. The number of furan rings is 1. The maximum absolute atomic E-state index is 12.6. The second-order valence-corrected chi connectivity index (χ2v) is 7.26. The van der Waals surface area contributed by atoms with Crippen molar-refractivity contribution in [3.8, 4) is 0 Å². The van der Waals surface area contributed by atoms with Crippen LogP contribution in [0.5, 0.6) is 0 Å². The van der Waals surface area contributed by atoms with E-state index in [1.54, 1.807) is 48.5 Å². The van der Waals surface area contributed by atoms with Gasteiger partial charge in [-0.05, 0) is 60.8 Å². The van der Waals surface area contributed by atoms with Crippen molar-refractivity contribution in [1.82, 2.24) is 5.32 Å². The van der Waals surface area contributed by atoms with Gasteiger partial charge in [-0.3, -0.25) is 19.7 Å². The number of imide groups is 1. The maximum Gasteiger partial charge on any atom is 0.266 e. The van der Waals surface area contributed by atoms with Crippen molar-refractivity contribution in [3.05, 3.63) is 88.8 Å². The van der Waals surface area contributed by atoms with Crippen LogP contribution >= 0.6 is 23.8 Å². The molecule has 1 aliphatic rings. The molecule has 1 aliphatic heterocycles. The Morgan fingerprint density at radius 3 is 2.35 bits per heavy atom. The lowest BCUT2D eigenvalue weighted by Crippen LogP contribution is -2.33. The molecule has 3 aromatic rings. The number of rotatable bonds is 4. The van der Waals surface area contributed by atoms with Gasteiger partial charge in [-0.25, -0.2) is 4.90 Å². The highest BCUT2D eigenvalue weighted by Crippen LogP contribution is 2.32. The maximum atomic E-state index is 12.6. The number of halogens is 1. The molecule has 0 radical (unpaired) electrons. The lowest BCUT2D eigenvalue weighted by atomic mass is 10.1. The van der Waals surface area contributed by atoms with E-state index in [4.69, 9.17) is 28.2 Å². The number of carbonyl (C=O) groups is 3. The zero-order chi connectivity index (χ0) is 22.0. The van der Waals surface area contributed by atoms with Gasteiger partial charge in [-0.1, -0.05) is 23.7 Å². The number of hydrogen-bond acceptors (Lipinski definition) is 5. The molecule has 0 unspecified atom stereocenters. The largest absolute Gasteiger partial charge is 0.465 e. The molecule has 2 aromatic carbocycles. The fraction of sp³-hybridized carbons (Fsp3) is 0. The van der Waals surface area contributed by atoms with Gasteiger partial charge in [0.2, 0.25) is 5.91 Å². The standard InChI is InChI=1S/C22H14ClN3O4S/c23-17-12-13(26-20(28)15-5-1-2-6-16(15)21(26)29)7-9-18(17)24-22(31)25-19(27)10-8-14-4-3-11-30-14/h1-12H,(H2,24,25,27,31). The van der Waals surface area contributed by atoms with Crippen LogP contribution in [0.2, 0.25) is 5.02 Å². The fourth-order valence-electron chi connectivity index (χ4n) is 3.02. The zero-order valence-electron chi connectivity index (χ0n) is 15.8. The number of nitrogens with zero attached hydrogens (tertiary/aromatic N) is 1. The average molecular weight is 452 g/mol. The van der Waals surface area contributed by atoms with E-state index in [-0.39, 0.29) is 10.1 Å². The number of hydrogen-bond donors (Lipinski definition) is 2. The van der Waals surface area contributed by atoms with Crippen LogP contribution in [0.4, 0.5) is 11.4 Å². The highest BCUT2D eigenvalue weighted by atomic mass is 35.5. The molecule has 0 bridgehead atoms. The van der Waals surface area contributed by atoms with Crippen molar-refractivity contribution >= 4 is 64.1 Å². The monoisotopic (exact) mass is 451 g/mol. The smallest absolute Gasteiger partial charge is 0.266 e. The van der Waals surface area contributed by atoms with Gasteiger partial charge >= 0.3 is 0 Å². The summed E-state index contributed by atoms with van der Waals surface area (Å²) in [5.74, 6) is -0.750. The first-order valence-electron chi connectivity index (χ1n) is 9.05. The molecule has 0 fully saturated rings. The van der Waals surface area contributed by atoms with Crippen LogP contribution in [0.1, 0.15) is 26.5 Å². The molecule has 0 atom stereocenters. The molecule has 7 nitrogen and oxygen atoms in total. The Kier molecular flexibility index (Phi) is 5.66. The predicted molar refractivity (Wildman–Crippen MR) is 121 cm³/mol. The minimum atomic E-state index is -0.451. The lowest BCUT2D eigenvalue weighted by molar-refractivity contribution is -0.115. The molecule has 4 rings (SSSR count).